The summed E-state index contributed by atoms with van der Waals surface area (Å²) in [4.78, 5) is 0. The van der Waals surface area contributed by atoms with Gasteiger partial charge >= 0.3 is 0 Å². The Labute approximate surface area is 80.1 Å². The number of rotatable bonds is 1. The molecule has 1 aliphatic rings. The first-order valence-electron chi connectivity index (χ1n) is 4.15. The lowest BCUT2D eigenvalue weighted by atomic mass is 10.1. The summed E-state index contributed by atoms with van der Waals surface area (Å²) in [6.45, 7) is 0.733. The zero-order chi connectivity index (χ0) is 8.72. The Morgan fingerprint density at radius 3 is 3.17 bits per heavy atom. The van der Waals surface area contributed by atoms with E-state index in [4.69, 9.17) is 5.73 Å². The molecule has 1 atom stereocenters. The molecule has 66 valence electrons. The van der Waals surface area contributed by atoms with Gasteiger partial charge in [0.15, 0.2) is 0 Å². The molecule has 0 spiro atoms. The molecule has 0 bridgehead atoms. The second kappa shape index (κ2) is 2.85. The topological polar surface area (TPSA) is 43.8 Å². The number of hydrogen-bond acceptors (Lipinski definition) is 2. The van der Waals surface area contributed by atoms with Crippen molar-refractivity contribution in [2.45, 2.75) is 18.8 Å². The molecule has 3 nitrogen and oxygen atoms in total. The fraction of sp³-hybridized carbons (Fsp3) is 0.625. The van der Waals surface area contributed by atoms with Crippen LogP contribution in [0.2, 0.25) is 0 Å². The molecule has 0 saturated carbocycles. The van der Waals surface area contributed by atoms with E-state index >= 15 is 0 Å². The third kappa shape index (κ3) is 1.02. The second-order valence-electron chi connectivity index (χ2n) is 3.25. The Morgan fingerprint density at radius 1 is 1.75 bits per heavy atom. The fourth-order valence-corrected chi connectivity index (χ4v) is 2.72. The Morgan fingerprint density at radius 2 is 2.50 bits per heavy atom. The SMILES string of the molecule is Cn1nc(Br)c2c1CCC2CN. The summed E-state index contributed by atoms with van der Waals surface area (Å²) in [6, 6.07) is 0. The van der Waals surface area contributed by atoms with Gasteiger partial charge in [0.25, 0.3) is 0 Å². The second-order valence-corrected chi connectivity index (χ2v) is 4.00. The van der Waals surface area contributed by atoms with Gasteiger partial charge < -0.3 is 5.73 Å². The summed E-state index contributed by atoms with van der Waals surface area (Å²) in [7, 11) is 1.99. The normalized spacial score (nSPS) is 21.4. The van der Waals surface area contributed by atoms with Gasteiger partial charge in [-0.25, -0.2) is 0 Å². The zero-order valence-corrected chi connectivity index (χ0v) is 8.63. The summed E-state index contributed by atoms with van der Waals surface area (Å²) < 4.78 is 2.93. The van der Waals surface area contributed by atoms with Crippen molar-refractivity contribution in [3.05, 3.63) is 15.9 Å². The molecule has 1 aliphatic carbocycles. The molecule has 1 aromatic rings. The Bertz CT molecular complexity index is 305. The molecule has 0 aliphatic heterocycles. The van der Waals surface area contributed by atoms with E-state index in [1.54, 1.807) is 0 Å². The minimum Gasteiger partial charge on any atom is -0.330 e. The van der Waals surface area contributed by atoms with Crippen LogP contribution < -0.4 is 5.73 Å². The van der Waals surface area contributed by atoms with Crippen LogP contribution in [-0.4, -0.2) is 16.3 Å². The quantitative estimate of drug-likeness (QED) is 0.786. The number of aryl methyl sites for hydroxylation is 1. The Kier molecular flexibility index (Phi) is 1.96. The highest BCUT2D eigenvalue weighted by Gasteiger charge is 2.27. The van der Waals surface area contributed by atoms with Crippen molar-refractivity contribution in [1.82, 2.24) is 9.78 Å². The van der Waals surface area contributed by atoms with Crippen molar-refractivity contribution in [3.8, 4) is 0 Å². The smallest absolute Gasteiger partial charge is 0.131 e. The zero-order valence-electron chi connectivity index (χ0n) is 7.05. The third-order valence-electron chi connectivity index (χ3n) is 2.58. The van der Waals surface area contributed by atoms with Gasteiger partial charge in [-0.3, -0.25) is 4.68 Å². The van der Waals surface area contributed by atoms with Crippen LogP contribution in [0.25, 0.3) is 0 Å². The first kappa shape index (κ1) is 8.26. The van der Waals surface area contributed by atoms with E-state index in [1.165, 1.54) is 17.7 Å². The van der Waals surface area contributed by atoms with Gasteiger partial charge in [-0.05, 0) is 35.3 Å². The lowest BCUT2D eigenvalue weighted by Crippen LogP contribution is -2.09. The summed E-state index contributed by atoms with van der Waals surface area (Å²) in [5.74, 6) is 0.517. The number of hydrogen-bond donors (Lipinski definition) is 1. The third-order valence-corrected chi connectivity index (χ3v) is 3.17. The number of aromatic nitrogens is 2. The summed E-state index contributed by atoms with van der Waals surface area (Å²) in [6.07, 6.45) is 2.29. The molecule has 1 heterocycles. The molecule has 12 heavy (non-hydrogen) atoms. The van der Waals surface area contributed by atoms with Crippen LogP contribution in [0.4, 0.5) is 0 Å². The van der Waals surface area contributed by atoms with Gasteiger partial charge in [-0.1, -0.05) is 0 Å². The highest BCUT2D eigenvalue weighted by atomic mass is 79.9. The lowest BCUT2D eigenvalue weighted by molar-refractivity contribution is 0.652. The molecule has 0 saturated heterocycles. The molecule has 1 unspecified atom stereocenters. The highest BCUT2D eigenvalue weighted by Crippen LogP contribution is 2.36. The van der Waals surface area contributed by atoms with Gasteiger partial charge in [-0.2, -0.15) is 5.10 Å². The summed E-state index contributed by atoms with van der Waals surface area (Å²) in [5.41, 5.74) is 8.35. The Balaban J connectivity index is 2.49. The van der Waals surface area contributed by atoms with Crippen LogP contribution in [0.5, 0.6) is 0 Å². The van der Waals surface area contributed by atoms with Gasteiger partial charge in [0, 0.05) is 24.2 Å². The van der Waals surface area contributed by atoms with Crippen molar-refractivity contribution in [2.24, 2.45) is 12.8 Å². The molecular formula is C8H12BrN3. The average molecular weight is 230 g/mol. The number of halogens is 1. The maximum atomic E-state index is 5.67. The largest absolute Gasteiger partial charge is 0.330 e. The van der Waals surface area contributed by atoms with E-state index in [0.29, 0.717) is 5.92 Å². The van der Waals surface area contributed by atoms with Crippen LogP contribution in [-0.2, 0) is 13.5 Å². The molecule has 0 fully saturated rings. The van der Waals surface area contributed by atoms with Gasteiger partial charge in [0.1, 0.15) is 4.60 Å². The molecule has 2 N–H and O–H groups in total. The van der Waals surface area contributed by atoms with Crippen LogP contribution >= 0.6 is 15.9 Å². The van der Waals surface area contributed by atoms with Crippen molar-refractivity contribution in [1.29, 1.82) is 0 Å². The standard InChI is InChI=1S/C8H12BrN3/c1-12-6-3-2-5(4-10)7(6)8(9)11-12/h5H,2-4,10H2,1H3. The number of fused-ring (bicyclic) bond motifs is 1. The predicted molar refractivity (Wildman–Crippen MR) is 51.0 cm³/mol. The summed E-state index contributed by atoms with van der Waals surface area (Å²) >= 11 is 3.46. The van der Waals surface area contributed by atoms with Gasteiger partial charge in [0.05, 0.1) is 0 Å². The lowest BCUT2D eigenvalue weighted by Gasteiger charge is -2.04. The average Bonchev–Trinajstić information content (AvgIpc) is 2.55. The van der Waals surface area contributed by atoms with Gasteiger partial charge in [0.2, 0.25) is 0 Å². The van der Waals surface area contributed by atoms with Crippen LogP contribution in [0.3, 0.4) is 0 Å². The maximum Gasteiger partial charge on any atom is 0.131 e. The van der Waals surface area contributed by atoms with Crippen molar-refractivity contribution < 1.29 is 0 Å². The molecule has 0 amide bonds. The predicted octanol–water partition coefficient (Wildman–Crippen LogP) is 1.17. The van der Waals surface area contributed by atoms with Crippen molar-refractivity contribution in [3.63, 3.8) is 0 Å². The van der Waals surface area contributed by atoms with Crippen LogP contribution in [0.1, 0.15) is 23.6 Å². The van der Waals surface area contributed by atoms with Crippen molar-refractivity contribution in [2.75, 3.05) is 6.54 Å². The van der Waals surface area contributed by atoms with E-state index in [2.05, 4.69) is 21.0 Å². The van der Waals surface area contributed by atoms with Crippen LogP contribution in [0.15, 0.2) is 4.60 Å². The molecule has 2 rings (SSSR count). The highest BCUT2D eigenvalue weighted by molar-refractivity contribution is 9.10. The van der Waals surface area contributed by atoms with E-state index in [9.17, 15) is 0 Å². The van der Waals surface area contributed by atoms with E-state index in [0.717, 1.165) is 17.6 Å². The van der Waals surface area contributed by atoms with Crippen LogP contribution in [0, 0.1) is 0 Å². The maximum absolute atomic E-state index is 5.67. The first-order chi connectivity index (χ1) is 5.74. The minimum atomic E-state index is 0.517. The molecule has 1 aromatic heterocycles. The molecule has 0 aromatic carbocycles. The first-order valence-corrected chi connectivity index (χ1v) is 4.94. The van der Waals surface area contributed by atoms with E-state index < -0.39 is 0 Å². The van der Waals surface area contributed by atoms with E-state index in [1.807, 2.05) is 11.7 Å². The fourth-order valence-electron chi connectivity index (χ4n) is 1.93. The molecule has 0 radical (unpaired) electrons. The number of nitrogens with zero attached hydrogens (tertiary/aromatic N) is 2. The summed E-state index contributed by atoms with van der Waals surface area (Å²) in [5, 5.41) is 4.31. The minimum absolute atomic E-state index is 0.517. The number of nitrogens with two attached hydrogens (primary N) is 1. The monoisotopic (exact) mass is 229 g/mol. The Hall–Kier alpha value is -0.350. The van der Waals surface area contributed by atoms with Crippen molar-refractivity contribution >= 4 is 15.9 Å². The molecule has 4 heteroatoms. The van der Waals surface area contributed by atoms with Gasteiger partial charge in [-0.15, -0.1) is 0 Å². The van der Waals surface area contributed by atoms with E-state index in [-0.39, 0.29) is 0 Å². The molecular weight excluding hydrogens is 218 g/mol.